The second-order valence-electron chi connectivity index (χ2n) is 6.06. The Balaban J connectivity index is 2.02. The number of hydrogen-bond acceptors (Lipinski definition) is 3. The Morgan fingerprint density at radius 1 is 1.35 bits per heavy atom. The van der Waals surface area contributed by atoms with Crippen molar-refractivity contribution < 1.29 is 0 Å². The van der Waals surface area contributed by atoms with E-state index in [4.69, 9.17) is 5.73 Å². The molecule has 0 aliphatic carbocycles. The first-order valence-corrected chi connectivity index (χ1v) is 7.85. The van der Waals surface area contributed by atoms with Crippen molar-refractivity contribution in [2.75, 3.05) is 33.7 Å². The van der Waals surface area contributed by atoms with Gasteiger partial charge in [0, 0.05) is 25.2 Å². The molecule has 20 heavy (non-hydrogen) atoms. The van der Waals surface area contributed by atoms with Crippen LogP contribution in [-0.4, -0.2) is 49.6 Å². The quantitative estimate of drug-likeness (QED) is 0.864. The molecule has 1 aliphatic heterocycles. The van der Waals surface area contributed by atoms with Crippen LogP contribution in [0.3, 0.4) is 0 Å². The van der Waals surface area contributed by atoms with Gasteiger partial charge >= 0.3 is 0 Å². The van der Waals surface area contributed by atoms with Gasteiger partial charge in [0.15, 0.2) is 0 Å². The second-order valence-corrected chi connectivity index (χ2v) is 6.06. The molecule has 1 fully saturated rings. The molecule has 1 aliphatic rings. The van der Waals surface area contributed by atoms with Crippen LogP contribution in [-0.2, 0) is 6.42 Å². The normalized spacial score (nSPS) is 21.6. The van der Waals surface area contributed by atoms with E-state index in [0.29, 0.717) is 18.6 Å². The van der Waals surface area contributed by atoms with E-state index in [-0.39, 0.29) is 0 Å². The molecule has 1 aromatic rings. The predicted molar refractivity (Wildman–Crippen MR) is 85.9 cm³/mol. The van der Waals surface area contributed by atoms with Crippen molar-refractivity contribution in [3.63, 3.8) is 0 Å². The number of benzene rings is 1. The molecule has 1 heterocycles. The highest BCUT2D eigenvalue weighted by molar-refractivity contribution is 5.25. The van der Waals surface area contributed by atoms with Crippen LogP contribution in [0.4, 0.5) is 0 Å². The standard InChI is InChI=1S/C17H29N3/c1-4-14-7-9-15(10-8-14)17(12-18)20(3)13-16-6-5-11-19(16)2/h7-10,16-17H,4-6,11-13,18H2,1-3H3. The minimum atomic E-state index is 0.329. The predicted octanol–water partition coefficient (Wildman–Crippen LogP) is 2.27. The SMILES string of the molecule is CCc1ccc(C(CN)N(C)CC2CCCN2C)cc1. The monoisotopic (exact) mass is 275 g/mol. The molecule has 2 atom stereocenters. The van der Waals surface area contributed by atoms with Gasteiger partial charge in [-0.2, -0.15) is 0 Å². The molecule has 0 amide bonds. The zero-order valence-corrected chi connectivity index (χ0v) is 13.2. The van der Waals surface area contributed by atoms with E-state index in [2.05, 4.69) is 55.1 Å². The van der Waals surface area contributed by atoms with Gasteiger partial charge in [0.05, 0.1) is 0 Å². The van der Waals surface area contributed by atoms with Crippen molar-refractivity contribution in [3.8, 4) is 0 Å². The Hall–Kier alpha value is -0.900. The first-order chi connectivity index (χ1) is 9.65. The summed E-state index contributed by atoms with van der Waals surface area (Å²) < 4.78 is 0. The maximum atomic E-state index is 6.03. The molecule has 1 saturated heterocycles. The summed E-state index contributed by atoms with van der Waals surface area (Å²) in [6.45, 7) is 5.21. The van der Waals surface area contributed by atoms with E-state index in [1.165, 1.54) is 30.5 Å². The van der Waals surface area contributed by atoms with Crippen molar-refractivity contribution in [1.82, 2.24) is 9.80 Å². The van der Waals surface area contributed by atoms with Gasteiger partial charge in [-0.15, -0.1) is 0 Å². The average molecular weight is 275 g/mol. The van der Waals surface area contributed by atoms with Gasteiger partial charge in [-0.25, -0.2) is 0 Å². The van der Waals surface area contributed by atoms with Crippen LogP contribution in [0.1, 0.15) is 36.9 Å². The molecule has 0 saturated carbocycles. The van der Waals surface area contributed by atoms with Crippen molar-refractivity contribution in [3.05, 3.63) is 35.4 Å². The third-order valence-electron chi connectivity index (χ3n) is 4.70. The van der Waals surface area contributed by atoms with E-state index in [9.17, 15) is 0 Å². The Bertz CT molecular complexity index is 401. The molecule has 3 heteroatoms. The lowest BCUT2D eigenvalue weighted by Gasteiger charge is -2.32. The number of rotatable bonds is 6. The summed E-state index contributed by atoms with van der Waals surface area (Å²) in [6.07, 6.45) is 3.73. The van der Waals surface area contributed by atoms with Crippen molar-refractivity contribution in [2.24, 2.45) is 5.73 Å². The Labute approximate surface area is 123 Å². The fourth-order valence-electron chi connectivity index (χ4n) is 3.22. The molecule has 0 aromatic heterocycles. The van der Waals surface area contributed by atoms with Crippen LogP contribution in [0.5, 0.6) is 0 Å². The van der Waals surface area contributed by atoms with Gasteiger partial charge in [-0.05, 0) is 51.0 Å². The van der Waals surface area contributed by atoms with Crippen LogP contribution < -0.4 is 5.73 Å². The van der Waals surface area contributed by atoms with Crippen LogP contribution >= 0.6 is 0 Å². The van der Waals surface area contributed by atoms with E-state index in [0.717, 1.165) is 13.0 Å². The lowest BCUT2D eigenvalue weighted by Crippen LogP contribution is -2.40. The molecule has 0 bridgehead atoms. The molecular weight excluding hydrogens is 246 g/mol. The average Bonchev–Trinajstić information content (AvgIpc) is 2.86. The van der Waals surface area contributed by atoms with Crippen molar-refractivity contribution in [1.29, 1.82) is 0 Å². The molecule has 1 aromatic carbocycles. The fraction of sp³-hybridized carbons (Fsp3) is 0.647. The third kappa shape index (κ3) is 3.60. The third-order valence-corrected chi connectivity index (χ3v) is 4.70. The number of hydrogen-bond donors (Lipinski definition) is 1. The topological polar surface area (TPSA) is 32.5 Å². The fourth-order valence-corrected chi connectivity index (χ4v) is 3.22. The van der Waals surface area contributed by atoms with Gasteiger partial charge in [0.25, 0.3) is 0 Å². The van der Waals surface area contributed by atoms with Gasteiger partial charge in [0.1, 0.15) is 0 Å². The summed E-state index contributed by atoms with van der Waals surface area (Å²) in [7, 11) is 4.44. The van der Waals surface area contributed by atoms with Crippen LogP contribution in [0.15, 0.2) is 24.3 Å². The lowest BCUT2D eigenvalue weighted by atomic mass is 10.0. The van der Waals surface area contributed by atoms with Gasteiger partial charge < -0.3 is 10.6 Å². The molecule has 3 nitrogen and oxygen atoms in total. The minimum absolute atomic E-state index is 0.329. The van der Waals surface area contributed by atoms with Crippen LogP contribution in [0, 0.1) is 0 Å². The molecule has 2 unspecified atom stereocenters. The Morgan fingerprint density at radius 3 is 2.55 bits per heavy atom. The van der Waals surface area contributed by atoms with Crippen LogP contribution in [0.25, 0.3) is 0 Å². The van der Waals surface area contributed by atoms with Crippen molar-refractivity contribution >= 4 is 0 Å². The van der Waals surface area contributed by atoms with E-state index < -0.39 is 0 Å². The second kappa shape index (κ2) is 7.21. The number of nitrogens with two attached hydrogens (primary N) is 1. The maximum Gasteiger partial charge on any atom is 0.0468 e. The van der Waals surface area contributed by atoms with Crippen LogP contribution in [0.2, 0.25) is 0 Å². The smallest absolute Gasteiger partial charge is 0.0468 e. The molecule has 2 rings (SSSR count). The number of likely N-dealkylation sites (tertiary alicyclic amines) is 1. The molecule has 2 N–H and O–H groups in total. The minimum Gasteiger partial charge on any atom is -0.329 e. The summed E-state index contributed by atoms with van der Waals surface area (Å²) in [5, 5.41) is 0. The highest BCUT2D eigenvalue weighted by atomic mass is 15.2. The number of likely N-dealkylation sites (N-methyl/N-ethyl adjacent to an activating group) is 2. The Morgan fingerprint density at radius 2 is 2.05 bits per heavy atom. The van der Waals surface area contributed by atoms with Gasteiger partial charge in [0.2, 0.25) is 0 Å². The Kier molecular flexibility index (Phi) is 5.58. The summed E-state index contributed by atoms with van der Waals surface area (Å²) in [5.74, 6) is 0. The molecular formula is C17H29N3. The van der Waals surface area contributed by atoms with Gasteiger partial charge in [-0.3, -0.25) is 4.90 Å². The van der Waals surface area contributed by atoms with Gasteiger partial charge in [-0.1, -0.05) is 31.2 Å². The van der Waals surface area contributed by atoms with Crippen molar-refractivity contribution in [2.45, 2.75) is 38.3 Å². The highest BCUT2D eigenvalue weighted by Gasteiger charge is 2.25. The lowest BCUT2D eigenvalue weighted by molar-refractivity contribution is 0.179. The zero-order chi connectivity index (χ0) is 14.5. The number of aryl methyl sites for hydroxylation is 1. The largest absolute Gasteiger partial charge is 0.329 e. The summed E-state index contributed by atoms with van der Waals surface area (Å²) in [4.78, 5) is 4.90. The first-order valence-electron chi connectivity index (χ1n) is 7.85. The zero-order valence-electron chi connectivity index (χ0n) is 13.2. The van der Waals surface area contributed by atoms with E-state index in [1.807, 2.05) is 0 Å². The molecule has 0 radical (unpaired) electrons. The number of nitrogens with zero attached hydrogens (tertiary/aromatic N) is 2. The highest BCUT2D eigenvalue weighted by Crippen LogP contribution is 2.22. The van der Waals surface area contributed by atoms with E-state index >= 15 is 0 Å². The summed E-state index contributed by atoms with van der Waals surface area (Å²) in [6, 6.07) is 9.95. The first kappa shape index (κ1) is 15.5. The summed E-state index contributed by atoms with van der Waals surface area (Å²) in [5.41, 5.74) is 8.76. The molecule has 0 spiro atoms. The maximum absolute atomic E-state index is 6.03. The summed E-state index contributed by atoms with van der Waals surface area (Å²) >= 11 is 0. The molecule has 112 valence electrons. The van der Waals surface area contributed by atoms with E-state index in [1.54, 1.807) is 0 Å².